The molecule has 3 aromatic heterocycles. The Morgan fingerprint density at radius 2 is 1.77 bits per heavy atom. The third-order valence-corrected chi connectivity index (χ3v) is 6.31. The molecular formula is C23H18N4O2S. The Morgan fingerprint density at radius 3 is 2.67 bits per heavy atom. The summed E-state index contributed by atoms with van der Waals surface area (Å²) in [5.74, 6) is 0. The number of pyridine rings is 2. The number of para-hydroxylation sites is 1. The zero-order chi connectivity index (χ0) is 20.7. The van der Waals surface area contributed by atoms with Crippen molar-refractivity contribution < 1.29 is 8.42 Å². The molecule has 0 amide bonds. The lowest BCUT2D eigenvalue weighted by Crippen LogP contribution is -2.13. The fourth-order valence-corrected chi connectivity index (χ4v) is 4.72. The SMILES string of the molecule is Cc1ccc2nc(-c3cccc(NS(=O)(=O)c4cccc5cccnc45)c3)cn2c1. The number of imidazole rings is 1. The zero-order valence-electron chi connectivity index (χ0n) is 16.1. The summed E-state index contributed by atoms with van der Waals surface area (Å²) in [7, 11) is -3.81. The van der Waals surface area contributed by atoms with Gasteiger partial charge in [-0.2, -0.15) is 0 Å². The predicted molar refractivity (Wildman–Crippen MR) is 118 cm³/mol. The normalized spacial score (nSPS) is 11.8. The summed E-state index contributed by atoms with van der Waals surface area (Å²) in [5, 5.41) is 0.772. The summed E-state index contributed by atoms with van der Waals surface area (Å²) >= 11 is 0. The highest BCUT2D eigenvalue weighted by molar-refractivity contribution is 7.93. The number of rotatable bonds is 4. The van der Waals surface area contributed by atoms with Gasteiger partial charge < -0.3 is 4.40 Å². The number of aromatic nitrogens is 3. The number of nitrogens with one attached hydrogen (secondary N) is 1. The van der Waals surface area contributed by atoms with E-state index in [0.29, 0.717) is 11.2 Å². The van der Waals surface area contributed by atoms with Gasteiger partial charge in [-0.25, -0.2) is 13.4 Å². The first kappa shape index (κ1) is 18.3. The van der Waals surface area contributed by atoms with Gasteiger partial charge in [0, 0.05) is 35.2 Å². The van der Waals surface area contributed by atoms with Crippen LogP contribution in [-0.2, 0) is 10.0 Å². The summed E-state index contributed by atoms with van der Waals surface area (Å²) in [4.78, 5) is 9.04. The summed E-state index contributed by atoms with van der Waals surface area (Å²) in [6, 6.07) is 19.9. The molecule has 6 nitrogen and oxygen atoms in total. The van der Waals surface area contributed by atoms with Crippen LogP contribution in [0.15, 0.2) is 90.2 Å². The lowest BCUT2D eigenvalue weighted by Gasteiger charge is -2.10. The molecule has 7 heteroatoms. The molecule has 0 atom stereocenters. The first-order valence-electron chi connectivity index (χ1n) is 9.42. The fourth-order valence-electron chi connectivity index (χ4n) is 3.49. The van der Waals surface area contributed by atoms with Gasteiger partial charge in [0.25, 0.3) is 10.0 Å². The van der Waals surface area contributed by atoms with Crippen molar-refractivity contribution in [2.75, 3.05) is 4.72 Å². The van der Waals surface area contributed by atoms with E-state index in [1.807, 2.05) is 60.1 Å². The topological polar surface area (TPSA) is 76.4 Å². The number of benzene rings is 2. The number of sulfonamides is 1. The molecule has 2 aromatic carbocycles. The van der Waals surface area contributed by atoms with Crippen molar-refractivity contribution in [2.45, 2.75) is 11.8 Å². The van der Waals surface area contributed by atoms with Crippen molar-refractivity contribution in [1.82, 2.24) is 14.4 Å². The molecule has 0 bridgehead atoms. The largest absolute Gasteiger partial charge is 0.306 e. The molecule has 0 radical (unpaired) electrons. The monoisotopic (exact) mass is 414 g/mol. The predicted octanol–water partition coefficient (Wildman–Crippen LogP) is 4.66. The van der Waals surface area contributed by atoms with Crippen LogP contribution in [0.3, 0.4) is 0 Å². The van der Waals surface area contributed by atoms with Crippen LogP contribution in [0, 0.1) is 6.92 Å². The second-order valence-electron chi connectivity index (χ2n) is 7.12. The maximum absolute atomic E-state index is 13.1. The van der Waals surface area contributed by atoms with Gasteiger partial charge in [-0.1, -0.05) is 36.4 Å². The van der Waals surface area contributed by atoms with Crippen molar-refractivity contribution >= 4 is 32.3 Å². The molecule has 5 aromatic rings. The average Bonchev–Trinajstić information content (AvgIpc) is 3.16. The minimum absolute atomic E-state index is 0.147. The van der Waals surface area contributed by atoms with Gasteiger partial charge in [0.05, 0.1) is 11.2 Å². The maximum Gasteiger partial charge on any atom is 0.264 e. The molecule has 30 heavy (non-hydrogen) atoms. The minimum Gasteiger partial charge on any atom is -0.306 e. The molecule has 0 fully saturated rings. The third kappa shape index (κ3) is 3.29. The quantitative estimate of drug-likeness (QED) is 0.464. The lowest BCUT2D eigenvalue weighted by atomic mass is 10.1. The van der Waals surface area contributed by atoms with Crippen LogP contribution in [0.1, 0.15) is 5.56 Å². The van der Waals surface area contributed by atoms with Crippen LogP contribution in [0.2, 0.25) is 0 Å². The Balaban J connectivity index is 1.52. The van der Waals surface area contributed by atoms with E-state index in [1.165, 1.54) is 0 Å². The number of hydrogen-bond donors (Lipinski definition) is 1. The molecule has 0 aliphatic heterocycles. The van der Waals surface area contributed by atoms with Crippen molar-refractivity contribution in [3.8, 4) is 11.3 Å². The molecule has 0 unspecified atom stereocenters. The molecule has 1 N–H and O–H groups in total. The Morgan fingerprint density at radius 1 is 0.933 bits per heavy atom. The second kappa shape index (κ2) is 6.96. The van der Waals surface area contributed by atoms with Crippen molar-refractivity contribution in [3.63, 3.8) is 0 Å². The van der Waals surface area contributed by atoms with Crippen LogP contribution in [-0.4, -0.2) is 22.8 Å². The van der Waals surface area contributed by atoms with Crippen LogP contribution >= 0.6 is 0 Å². The molecule has 0 saturated carbocycles. The van der Waals surface area contributed by atoms with E-state index in [1.54, 1.807) is 36.5 Å². The Labute approximate surface area is 173 Å². The van der Waals surface area contributed by atoms with Crippen LogP contribution in [0.4, 0.5) is 5.69 Å². The van der Waals surface area contributed by atoms with Crippen LogP contribution < -0.4 is 4.72 Å². The molecule has 0 spiro atoms. The van der Waals surface area contributed by atoms with Crippen molar-refractivity contribution in [1.29, 1.82) is 0 Å². The highest BCUT2D eigenvalue weighted by atomic mass is 32.2. The van der Waals surface area contributed by atoms with Gasteiger partial charge in [0.1, 0.15) is 10.5 Å². The molecule has 0 aliphatic rings. The summed E-state index contributed by atoms with van der Waals surface area (Å²) in [6.45, 7) is 2.02. The number of hydrogen-bond acceptors (Lipinski definition) is 4. The van der Waals surface area contributed by atoms with Gasteiger partial charge in [-0.05, 0) is 42.8 Å². The van der Waals surface area contributed by atoms with Gasteiger partial charge in [0.2, 0.25) is 0 Å². The van der Waals surface area contributed by atoms with Crippen LogP contribution in [0.25, 0.3) is 27.8 Å². The van der Waals surface area contributed by atoms with Gasteiger partial charge >= 0.3 is 0 Å². The van der Waals surface area contributed by atoms with Gasteiger partial charge in [0.15, 0.2) is 0 Å². The zero-order valence-corrected chi connectivity index (χ0v) is 17.0. The number of anilines is 1. The van der Waals surface area contributed by atoms with Crippen molar-refractivity contribution in [2.24, 2.45) is 0 Å². The molecule has 148 valence electrons. The lowest BCUT2D eigenvalue weighted by molar-refractivity contribution is 0.602. The molecule has 3 heterocycles. The van der Waals surface area contributed by atoms with Crippen molar-refractivity contribution in [3.05, 3.63) is 90.9 Å². The molecule has 5 rings (SSSR count). The first-order chi connectivity index (χ1) is 14.5. The highest BCUT2D eigenvalue weighted by Gasteiger charge is 2.18. The standard InChI is InChI=1S/C23H18N4O2S/c1-16-10-11-22-25-20(15-27(22)14-16)18-6-2-8-19(13-18)26-30(28,29)21-9-3-5-17-7-4-12-24-23(17)21/h2-15,26H,1H3. The van der Waals surface area contributed by atoms with E-state index in [9.17, 15) is 8.42 Å². The van der Waals surface area contributed by atoms with Gasteiger partial charge in [-0.3, -0.25) is 9.71 Å². The first-order valence-corrected chi connectivity index (χ1v) is 10.9. The van der Waals surface area contributed by atoms with Gasteiger partial charge in [-0.15, -0.1) is 0 Å². The minimum atomic E-state index is -3.81. The summed E-state index contributed by atoms with van der Waals surface area (Å²) in [6.07, 6.45) is 5.53. The fraction of sp³-hybridized carbons (Fsp3) is 0.0435. The number of fused-ring (bicyclic) bond motifs is 2. The maximum atomic E-state index is 13.1. The Kier molecular flexibility index (Phi) is 4.25. The summed E-state index contributed by atoms with van der Waals surface area (Å²) in [5.41, 5.74) is 4.48. The van der Waals surface area contributed by atoms with E-state index in [4.69, 9.17) is 0 Å². The molecule has 0 aliphatic carbocycles. The smallest absolute Gasteiger partial charge is 0.264 e. The Bertz CT molecular complexity index is 1500. The molecule has 0 saturated heterocycles. The van der Waals surface area contributed by atoms with E-state index in [-0.39, 0.29) is 4.90 Å². The van der Waals surface area contributed by atoms with E-state index < -0.39 is 10.0 Å². The van der Waals surface area contributed by atoms with E-state index in [2.05, 4.69) is 14.7 Å². The summed E-state index contributed by atoms with van der Waals surface area (Å²) < 4.78 is 30.8. The third-order valence-electron chi connectivity index (χ3n) is 4.89. The highest BCUT2D eigenvalue weighted by Crippen LogP contribution is 2.26. The Hall–Kier alpha value is -3.71. The van der Waals surface area contributed by atoms with E-state index in [0.717, 1.165) is 27.9 Å². The number of nitrogens with zero attached hydrogens (tertiary/aromatic N) is 3. The van der Waals surface area contributed by atoms with E-state index >= 15 is 0 Å². The average molecular weight is 414 g/mol. The molecular weight excluding hydrogens is 396 g/mol. The second-order valence-corrected chi connectivity index (χ2v) is 8.77. The van der Waals surface area contributed by atoms with Crippen LogP contribution in [0.5, 0.6) is 0 Å². The number of aryl methyl sites for hydroxylation is 1.